The number of rotatable bonds is 3. The lowest BCUT2D eigenvalue weighted by Gasteiger charge is -2.34. The molecule has 1 aliphatic rings. The number of amides is 1. The van der Waals surface area contributed by atoms with Crippen molar-refractivity contribution in [2.24, 2.45) is 0 Å². The lowest BCUT2D eigenvalue weighted by molar-refractivity contribution is 0.0698. The number of hydrogen-bond acceptors (Lipinski definition) is 6. The van der Waals surface area contributed by atoms with Gasteiger partial charge in [0.1, 0.15) is 10.4 Å². The zero-order valence-corrected chi connectivity index (χ0v) is 16.5. The number of carbonyl (C=O) groups is 1. The minimum Gasteiger partial charge on any atom is -0.336 e. The summed E-state index contributed by atoms with van der Waals surface area (Å²) in [5, 5.41) is 7.40. The van der Waals surface area contributed by atoms with Crippen LogP contribution in [-0.4, -0.2) is 60.0 Å². The minimum atomic E-state index is -3.75. The average molecular weight is 451 g/mol. The first-order chi connectivity index (χ1) is 13.0. The predicted octanol–water partition coefficient (Wildman–Crippen LogP) is 2.13. The summed E-state index contributed by atoms with van der Waals surface area (Å²) in [5.41, 5.74) is 1.17. The molecule has 140 valence electrons. The van der Waals surface area contributed by atoms with Gasteiger partial charge in [-0.1, -0.05) is 28.1 Å². The van der Waals surface area contributed by atoms with Gasteiger partial charge in [-0.2, -0.15) is 4.31 Å². The average Bonchev–Trinajstić information content (AvgIpc) is 3.16. The van der Waals surface area contributed by atoms with E-state index in [0.29, 0.717) is 24.2 Å². The standard InChI is InChI=1S/C17H15BrN4O4S/c18-13-4-1-3-12(11-13)17(23)21-7-9-22(10-8-21)27(24,25)15-6-2-5-14-16(15)20-26-19-14/h1-6,11H,7-10H2. The molecule has 0 bridgehead atoms. The molecule has 1 aliphatic heterocycles. The molecule has 3 aromatic rings. The van der Waals surface area contributed by atoms with E-state index in [1.165, 1.54) is 10.4 Å². The number of carbonyl (C=O) groups excluding carboxylic acids is 1. The van der Waals surface area contributed by atoms with Gasteiger partial charge in [-0.15, -0.1) is 0 Å². The molecule has 0 aliphatic carbocycles. The molecule has 1 aromatic heterocycles. The molecule has 2 aromatic carbocycles. The van der Waals surface area contributed by atoms with E-state index in [0.717, 1.165) is 4.47 Å². The summed E-state index contributed by atoms with van der Waals surface area (Å²) in [6.07, 6.45) is 0. The summed E-state index contributed by atoms with van der Waals surface area (Å²) in [6.45, 7) is 1.06. The molecule has 0 atom stereocenters. The van der Waals surface area contributed by atoms with E-state index >= 15 is 0 Å². The highest BCUT2D eigenvalue weighted by molar-refractivity contribution is 9.10. The number of halogens is 1. The van der Waals surface area contributed by atoms with Gasteiger partial charge in [-0.3, -0.25) is 4.79 Å². The highest BCUT2D eigenvalue weighted by Crippen LogP contribution is 2.24. The third kappa shape index (κ3) is 3.35. The first-order valence-corrected chi connectivity index (χ1v) is 10.5. The van der Waals surface area contributed by atoms with Crippen LogP contribution in [0.2, 0.25) is 0 Å². The number of hydrogen-bond donors (Lipinski definition) is 0. The molecule has 4 rings (SSSR count). The van der Waals surface area contributed by atoms with Gasteiger partial charge in [0.2, 0.25) is 10.0 Å². The fourth-order valence-electron chi connectivity index (χ4n) is 3.06. The van der Waals surface area contributed by atoms with E-state index in [1.807, 2.05) is 6.07 Å². The molecule has 2 heterocycles. The number of sulfonamides is 1. The van der Waals surface area contributed by atoms with E-state index in [-0.39, 0.29) is 29.4 Å². The maximum atomic E-state index is 13.0. The summed E-state index contributed by atoms with van der Waals surface area (Å²) < 4.78 is 32.8. The largest absolute Gasteiger partial charge is 0.336 e. The fraction of sp³-hybridized carbons (Fsp3) is 0.235. The third-order valence-corrected chi connectivity index (χ3v) is 6.89. The Morgan fingerprint density at radius 1 is 1.04 bits per heavy atom. The molecular weight excluding hydrogens is 436 g/mol. The topological polar surface area (TPSA) is 96.6 Å². The highest BCUT2D eigenvalue weighted by atomic mass is 79.9. The molecule has 0 radical (unpaired) electrons. The van der Waals surface area contributed by atoms with Crippen LogP contribution in [0.5, 0.6) is 0 Å². The van der Waals surface area contributed by atoms with Crippen molar-refractivity contribution in [2.75, 3.05) is 26.2 Å². The minimum absolute atomic E-state index is 0.0630. The summed E-state index contributed by atoms with van der Waals surface area (Å²) in [4.78, 5) is 14.3. The Labute approximate surface area is 163 Å². The van der Waals surface area contributed by atoms with Crippen LogP contribution in [-0.2, 0) is 10.0 Å². The number of fused-ring (bicyclic) bond motifs is 1. The van der Waals surface area contributed by atoms with Gasteiger partial charge in [-0.25, -0.2) is 13.0 Å². The Hall–Kier alpha value is -2.30. The van der Waals surface area contributed by atoms with E-state index < -0.39 is 10.0 Å². The highest BCUT2D eigenvalue weighted by Gasteiger charge is 2.32. The van der Waals surface area contributed by atoms with Crippen LogP contribution in [0.1, 0.15) is 10.4 Å². The zero-order valence-electron chi connectivity index (χ0n) is 14.1. The van der Waals surface area contributed by atoms with Crippen LogP contribution in [0.25, 0.3) is 11.0 Å². The molecule has 0 unspecified atom stereocenters. The smallest absolute Gasteiger partial charge is 0.253 e. The van der Waals surface area contributed by atoms with Crippen LogP contribution in [0.3, 0.4) is 0 Å². The normalized spacial score (nSPS) is 16.0. The molecule has 27 heavy (non-hydrogen) atoms. The van der Waals surface area contributed by atoms with Crippen LogP contribution in [0.4, 0.5) is 0 Å². The Bertz CT molecular complexity index is 1110. The van der Waals surface area contributed by atoms with Crippen molar-refractivity contribution in [3.05, 3.63) is 52.5 Å². The third-order valence-electron chi connectivity index (χ3n) is 4.46. The molecule has 1 fully saturated rings. The molecule has 1 amide bonds. The second-order valence-corrected chi connectivity index (χ2v) is 8.92. The SMILES string of the molecule is O=C(c1cccc(Br)c1)N1CCN(S(=O)(=O)c2cccc3nonc23)CC1. The molecule has 1 saturated heterocycles. The van der Waals surface area contributed by atoms with Gasteiger partial charge in [0.15, 0.2) is 5.52 Å². The number of nitrogens with zero attached hydrogens (tertiary/aromatic N) is 4. The second-order valence-electron chi connectivity index (χ2n) is 6.09. The van der Waals surface area contributed by atoms with Crippen molar-refractivity contribution in [1.82, 2.24) is 19.5 Å². The molecule has 0 spiro atoms. The van der Waals surface area contributed by atoms with Gasteiger partial charge in [0, 0.05) is 36.2 Å². The Morgan fingerprint density at radius 2 is 1.78 bits per heavy atom. The van der Waals surface area contributed by atoms with Crippen molar-refractivity contribution in [3.63, 3.8) is 0 Å². The predicted molar refractivity (Wildman–Crippen MR) is 101 cm³/mol. The van der Waals surface area contributed by atoms with Crippen molar-refractivity contribution in [1.29, 1.82) is 0 Å². The lowest BCUT2D eigenvalue weighted by atomic mass is 10.2. The first-order valence-electron chi connectivity index (χ1n) is 8.23. The van der Waals surface area contributed by atoms with Gasteiger partial charge >= 0.3 is 0 Å². The molecule has 8 nitrogen and oxygen atoms in total. The monoisotopic (exact) mass is 450 g/mol. The zero-order chi connectivity index (χ0) is 19.0. The maximum absolute atomic E-state index is 13.0. The summed E-state index contributed by atoms with van der Waals surface area (Å²) in [7, 11) is -3.75. The van der Waals surface area contributed by atoms with E-state index in [1.54, 1.807) is 35.2 Å². The first kappa shape index (κ1) is 18.1. The quantitative estimate of drug-likeness (QED) is 0.606. The summed E-state index contributed by atoms with van der Waals surface area (Å²) in [6, 6.07) is 11.9. The summed E-state index contributed by atoms with van der Waals surface area (Å²) >= 11 is 3.36. The summed E-state index contributed by atoms with van der Waals surface area (Å²) in [5.74, 6) is -0.115. The van der Waals surface area contributed by atoms with Crippen LogP contribution in [0, 0.1) is 0 Å². The van der Waals surface area contributed by atoms with E-state index in [2.05, 4.69) is 30.9 Å². The fourth-order valence-corrected chi connectivity index (χ4v) is 5.02. The molecule has 0 saturated carbocycles. The van der Waals surface area contributed by atoms with Crippen LogP contribution in [0.15, 0.2) is 56.5 Å². The number of aromatic nitrogens is 2. The van der Waals surface area contributed by atoms with E-state index in [4.69, 9.17) is 0 Å². The Morgan fingerprint density at radius 3 is 2.52 bits per heavy atom. The van der Waals surface area contributed by atoms with Crippen LogP contribution >= 0.6 is 15.9 Å². The Balaban J connectivity index is 1.52. The van der Waals surface area contributed by atoms with Gasteiger partial charge in [0.25, 0.3) is 5.91 Å². The Kier molecular flexibility index (Phi) is 4.70. The maximum Gasteiger partial charge on any atom is 0.253 e. The van der Waals surface area contributed by atoms with Gasteiger partial charge in [0.05, 0.1) is 0 Å². The number of benzene rings is 2. The van der Waals surface area contributed by atoms with Gasteiger partial charge in [-0.05, 0) is 40.6 Å². The molecular formula is C17H15BrN4O4S. The molecule has 0 N–H and O–H groups in total. The van der Waals surface area contributed by atoms with Crippen molar-refractivity contribution in [2.45, 2.75) is 4.90 Å². The van der Waals surface area contributed by atoms with Crippen molar-refractivity contribution < 1.29 is 17.8 Å². The lowest BCUT2D eigenvalue weighted by Crippen LogP contribution is -2.50. The van der Waals surface area contributed by atoms with Crippen LogP contribution < -0.4 is 0 Å². The molecule has 10 heteroatoms. The number of piperazine rings is 1. The van der Waals surface area contributed by atoms with Gasteiger partial charge < -0.3 is 4.90 Å². The van der Waals surface area contributed by atoms with Crippen molar-refractivity contribution >= 4 is 42.9 Å². The second kappa shape index (κ2) is 7.02. The van der Waals surface area contributed by atoms with Crippen molar-refractivity contribution in [3.8, 4) is 0 Å². The van der Waals surface area contributed by atoms with E-state index in [9.17, 15) is 13.2 Å².